The minimum atomic E-state index is -1.66. The number of carbonyl (C=O) groups excluding carboxylic acids is 1. The topological polar surface area (TPSA) is 26.3 Å². The van der Waals surface area contributed by atoms with Gasteiger partial charge in [0.05, 0.1) is 5.56 Å². The van der Waals surface area contributed by atoms with Crippen molar-refractivity contribution in [1.82, 2.24) is 0 Å². The molecule has 0 aromatic heterocycles. The second kappa shape index (κ2) is 4.19. The molecule has 1 aromatic rings. The van der Waals surface area contributed by atoms with Gasteiger partial charge in [-0.3, -0.25) is 4.79 Å². The number of aldehydes is 1. The minimum absolute atomic E-state index is 0.653. The van der Waals surface area contributed by atoms with Crippen LogP contribution in [0.15, 0.2) is 12.1 Å². The zero-order valence-electron chi connectivity index (χ0n) is 10.0. The summed E-state index contributed by atoms with van der Waals surface area (Å²) in [6.45, 7) is 10.4. The summed E-state index contributed by atoms with van der Waals surface area (Å²) in [5.41, 5.74) is 2.89. The van der Waals surface area contributed by atoms with Crippen LogP contribution in [0.5, 0.6) is 5.75 Å². The first-order valence-electron chi connectivity index (χ1n) is 5.09. The van der Waals surface area contributed by atoms with Crippen molar-refractivity contribution in [3.8, 4) is 5.75 Å². The van der Waals surface area contributed by atoms with E-state index >= 15 is 0 Å². The Kier molecular flexibility index (Phi) is 3.34. The van der Waals surface area contributed by atoms with Gasteiger partial charge in [-0.1, -0.05) is 6.07 Å². The van der Waals surface area contributed by atoms with Crippen molar-refractivity contribution in [2.75, 3.05) is 0 Å². The first kappa shape index (κ1) is 12.0. The summed E-state index contributed by atoms with van der Waals surface area (Å²) < 4.78 is 5.94. The highest BCUT2D eigenvalue weighted by Gasteiger charge is 2.20. The Morgan fingerprint density at radius 1 is 1.20 bits per heavy atom. The lowest BCUT2D eigenvalue weighted by molar-refractivity contribution is 0.112. The van der Waals surface area contributed by atoms with Crippen molar-refractivity contribution in [3.05, 3.63) is 28.8 Å². The van der Waals surface area contributed by atoms with Gasteiger partial charge in [0.1, 0.15) is 5.75 Å². The third-order valence-corrected chi connectivity index (χ3v) is 3.06. The molecule has 0 spiro atoms. The SMILES string of the molecule is Cc1ccc(C=O)c(O[Si](C)(C)C)c1C. The van der Waals surface area contributed by atoms with Crippen LogP contribution in [-0.2, 0) is 0 Å². The van der Waals surface area contributed by atoms with Gasteiger partial charge in [-0.2, -0.15) is 0 Å². The lowest BCUT2D eigenvalue weighted by Crippen LogP contribution is -2.30. The Morgan fingerprint density at radius 3 is 2.27 bits per heavy atom. The maximum absolute atomic E-state index is 10.9. The van der Waals surface area contributed by atoms with Crippen LogP contribution in [0.25, 0.3) is 0 Å². The van der Waals surface area contributed by atoms with Gasteiger partial charge < -0.3 is 4.43 Å². The standard InChI is InChI=1S/C12H18O2Si/c1-9-6-7-11(8-13)12(10(9)2)14-15(3,4)5/h6-8H,1-5H3. The number of hydrogen-bond acceptors (Lipinski definition) is 2. The average Bonchev–Trinajstić information content (AvgIpc) is 2.11. The molecule has 0 fully saturated rings. The van der Waals surface area contributed by atoms with E-state index in [1.807, 2.05) is 26.0 Å². The van der Waals surface area contributed by atoms with Crippen molar-refractivity contribution in [2.45, 2.75) is 33.5 Å². The fourth-order valence-corrected chi connectivity index (χ4v) is 2.23. The van der Waals surface area contributed by atoms with Gasteiger partial charge in [-0.25, -0.2) is 0 Å². The second-order valence-corrected chi connectivity index (χ2v) is 9.19. The number of rotatable bonds is 3. The molecule has 0 amide bonds. The molecule has 0 aliphatic heterocycles. The Balaban J connectivity index is 3.24. The predicted molar refractivity (Wildman–Crippen MR) is 65.3 cm³/mol. The van der Waals surface area contributed by atoms with E-state index in [-0.39, 0.29) is 0 Å². The van der Waals surface area contributed by atoms with Crippen LogP contribution in [-0.4, -0.2) is 14.6 Å². The quantitative estimate of drug-likeness (QED) is 0.579. The van der Waals surface area contributed by atoms with E-state index in [1.54, 1.807) is 0 Å². The van der Waals surface area contributed by atoms with Crippen LogP contribution < -0.4 is 4.43 Å². The van der Waals surface area contributed by atoms with Crippen LogP contribution in [0.4, 0.5) is 0 Å². The maximum Gasteiger partial charge on any atom is 0.242 e. The van der Waals surface area contributed by atoms with E-state index < -0.39 is 8.32 Å². The Labute approximate surface area is 92.4 Å². The van der Waals surface area contributed by atoms with E-state index in [4.69, 9.17) is 4.43 Å². The normalized spacial score (nSPS) is 11.3. The zero-order valence-corrected chi connectivity index (χ0v) is 11.0. The van der Waals surface area contributed by atoms with Crippen molar-refractivity contribution in [1.29, 1.82) is 0 Å². The van der Waals surface area contributed by atoms with E-state index in [1.165, 1.54) is 0 Å². The summed E-state index contributed by atoms with van der Waals surface area (Å²) in [5, 5.41) is 0. The third kappa shape index (κ3) is 2.93. The lowest BCUT2D eigenvalue weighted by atomic mass is 10.1. The van der Waals surface area contributed by atoms with Gasteiger partial charge in [0, 0.05) is 0 Å². The van der Waals surface area contributed by atoms with Crippen LogP contribution in [0.2, 0.25) is 19.6 Å². The predicted octanol–water partition coefficient (Wildman–Crippen LogP) is 3.33. The fraction of sp³-hybridized carbons (Fsp3) is 0.417. The fourth-order valence-electron chi connectivity index (χ4n) is 1.35. The second-order valence-electron chi connectivity index (χ2n) is 4.76. The van der Waals surface area contributed by atoms with Crippen molar-refractivity contribution < 1.29 is 9.22 Å². The van der Waals surface area contributed by atoms with E-state index in [2.05, 4.69) is 19.6 Å². The Bertz CT molecular complexity index is 378. The van der Waals surface area contributed by atoms with Crippen molar-refractivity contribution in [2.24, 2.45) is 0 Å². The summed E-state index contributed by atoms with van der Waals surface area (Å²) >= 11 is 0. The van der Waals surface area contributed by atoms with Crippen LogP contribution in [0.3, 0.4) is 0 Å². The molecule has 0 bridgehead atoms. The maximum atomic E-state index is 10.9. The number of hydrogen-bond donors (Lipinski definition) is 0. The molecule has 0 atom stereocenters. The summed E-state index contributed by atoms with van der Waals surface area (Å²) in [4.78, 5) is 10.9. The molecule has 0 heterocycles. The first-order valence-corrected chi connectivity index (χ1v) is 8.50. The zero-order chi connectivity index (χ0) is 11.6. The molecule has 15 heavy (non-hydrogen) atoms. The molecule has 0 saturated heterocycles. The monoisotopic (exact) mass is 222 g/mol. The number of benzene rings is 1. The molecule has 0 N–H and O–H groups in total. The molecule has 0 radical (unpaired) electrons. The van der Waals surface area contributed by atoms with Gasteiger partial charge in [-0.15, -0.1) is 0 Å². The summed E-state index contributed by atoms with van der Waals surface area (Å²) in [5.74, 6) is 0.768. The van der Waals surface area contributed by atoms with E-state index in [9.17, 15) is 4.79 Å². The highest BCUT2D eigenvalue weighted by atomic mass is 28.4. The number of aryl methyl sites for hydroxylation is 1. The summed E-state index contributed by atoms with van der Waals surface area (Å²) in [6, 6.07) is 3.78. The van der Waals surface area contributed by atoms with Gasteiger partial charge >= 0.3 is 0 Å². The minimum Gasteiger partial charge on any atom is -0.544 e. The smallest absolute Gasteiger partial charge is 0.242 e. The van der Waals surface area contributed by atoms with Gasteiger partial charge in [0.25, 0.3) is 0 Å². The van der Waals surface area contributed by atoms with Gasteiger partial charge in [-0.05, 0) is 50.7 Å². The molecular weight excluding hydrogens is 204 g/mol. The highest BCUT2D eigenvalue weighted by Crippen LogP contribution is 2.27. The molecular formula is C12H18O2Si. The largest absolute Gasteiger partial charge is 0.544 e. The average molecular weight is 222 g/mol. The molecule has 0 aliphatic rings. The Hall–Kier alpha value is -1.09. The van der Waals surface area contributed by atoms with Crippen LogP contribution in [0.1, 0.15) is 21.5 Å². The molecule has 2 nitrogen and oxygen atoms in total. The lowest BCUT2D eigenvalue weighted by Gasteiger charge is -2.22. The molecule has 82 valence electrons. The highest BCUT2D eigenvalue weighted by molar-refractivity contribution is 6.70. The van der Waals surface area contributed by atoms with E-state index in [0.717, 1.165) is 23.2 Å². The van der Waals surface area contributed by atoms with E-state index in [0.29, 0.717) is 5.56 Å². The van der Waals surface area contributed by atoms with Crippen LogP contribution >= 0.6 is 0 Å². The third-order valence-electron chi connectivity index (χ3n) is 2.24. The van der Waals surface area contributed by atoms with Gasteiger partial charge in [0.2, 0.25) is 8.32 Å². The molecule has 0 saturated carbocycles. The molecule has 0 aliphatic carbocycles. The number of carbonyl (C=O) groups is 1. The Morgan fingerprint density at radius 2 is 1.80 bits per heavy atom. The molecule has 1 rings (SSSR count). The molecule has 3 heteroatoms. The van der Waals surface area contributed by atoms with Crippen molar-refractivity contribution >= 4 is 14.6 Å². The van der Waals surface area contributed by atoms with Crippen LogP contribution in [0, 0.1) is 13.8 Å². The molecule has 0 unspecified atom stereocenters. The summed E-state index contributed by atoms with van der Waals surface area (Å²) in [6.07, 6.45) is 0.863. The van der Waals surface area contributed by atoms with Gasteiger partial charge in [0.15, 0.2) is 6.29 Å². The van der Waals surface area contributed by atoms with Crippen molar-refractivity contribution in [3.63, 3.8) is 0 Å². The molecule has 1 aromatic carbocycles. The first-order chi connectivity index (χ1) is 6.85. The summed E-state index contributed by atoms with van der Waals surface area (Å²) in [7, 11) is -1.66.